The van der Waals surface area contributed by atoms with Crippen molar-refractivity contribution in [1.82, 2.24) is 0 Å². The second kappa shape index (κ2) is 8.00. The van der Waals surface area contributed by atoms with Gasteiger partial charge < -0.3 is 0 Å². The Morgan fingerprint density at radius 1 is 1.25 bits per heavy atom. The SMILES string of the molecule is CC(C)CC1C=Cc2ccccc21.[Br][Zr][Br]. The predicted octanol–water partition coefficient (Wildman–Crippen LogP) is 5.53. The maximum atomic E-state index is 3.23. The zero-order valence-corrected chi connectivity index (χ0v) is 15.2. The molecule has 0 bridgehead atoms. The van der Waals surface area contributed by atoms with Gasteiger partial charge in [0.05, 0.1) is 0 Å². The van der Waals surface area contributed by atoms with E-state index in [-0.39, 0.29) is 18.5 Å². The van der Waals surface area contributed by atoms with Gasteiger partial charge in [-0.3, -0.25) is 0 Å². The van der Waals surface area contributed by atoms with Crippen LogP contribution in [-0.2, 0) is 18.5 Å². The molecule has 0 saturated carbocycles. The number of halogens is 2. The molecule has 0 saturated heterocycles. The summed E-state index contributed by atoms with van der Waals surface area (Å²) in [5.41, 5.74) is 2.92. The van der Waals surface area contributed by atoms with E-state index in [0.717, 1.165) is 5.92 Å². The molecular weight excluding hydrogens is 407 g/mol. The van der Waals surface area contributed by atoms with Crippen LogP contribution in [0.3, 0.4) is 0 Å². The monoisotopic (exact) mass is 420 g/mol. The Morgan fingerprint density at radius 2 is 1.88 bits per heavy atom. The van der Waals surface area contributed by atoms with Gasteiger partial charge in [-0.25, -0.2) is 0 Å². The summed E-state index contributed by atoms with van der Waals surface area (Å²) >= 11 is 6.32. The average molecular weight is 423 g/mol. The van der Waals surface area contributed by atoms with Gasteiger partial charge in [-0.2, -0.15) is 0 Å². The van der Waals surface area contributed by atoms with Gasteiger partial charge in [0.2, 0.25) is 0 Å². The van der Waals surface area contributed by atoms with E-state index in [9.17, 15) is 0 Å². The van der Waals surface area contributed by atoms with Crippen molar-refractivity contribution in [3.8, 4) is 0 Å². The quantitative estimate of drug-likeness (QED) is 0.587. The van der Waals surface area contributed by atoms with Crippen molar-refractivity contribution in [1.29, 1.82) is 0 Å². The Bertz CT molecular complexity index is 348. The summed E-state index contributed by atoms with van der Waals surface area (Å²) in [5.74, 6) is 1.44. The van der Waals surface area contributed by atoms with Gasteiger partial charge >= 0.3 is 43.0 Å². The van der Waals surface area contributed by atoms with Crippen molar-refractivity contribution in [2.24, 2.45) is 5.92 Å². The molecule has 1 aliphatic rings. The molecule has 1 atom stereocenters. The minimum absolute atomic E-state index is 0.145. The molecule has 0 spiro atoms. The van der Waals surface area contributed by atoms with Crippen LogP contribution < -0.4 is 0 Å². The van der Waals surface area contributed by atoms with Crippen LogP contribution in [-0.4, -0.2) is 0 Å². The van der Waals surface area contributed by atoms with Crippen LogP contribution in [0.4, 0.5) is 0 Å². The third-order valence-electron chi connectivity index (χ3n) is 2.63. The normalized spacial score (nSPS) is 16.7. The first-order valence-corrected chi connectivity index (χ1v) is 16.7. The summed E-state index contributed by atoms with van der Waals surface area (Å²) in [6, 6.07) is 8.70. The summed E-state index contributed by atoms with van der Waals surface area (Å²) in [7, 11) is 0. The predicted molar refractivity (Wildman–Crippen MR) is 75.5 cm³/mol. The van der Waals surface area contributed by atoms with E-state index in [2.05, 4.69) is 74.7 Å². The number of rotatable bonds is 2. The number of allylic oxidation sites excluding steroid dienone is 1. The van der Waals surface area contributed by atoms with Crippen molar-refractivity contribution in [3.63, 3.8) is 0 Å². The second-order valence-corrected chi connectivity index (χ2v) is 15.6. The molecule has 2 rings (SSSR count). The fourth-order valence-corrected chi connectivity index (χ4v) is 2.04. The van der Waals surface area contributed by atoms with Crippen molar-refractivity contribution in [3.05, 3.63) is 41.5 Å². The van der Waals surface area contributed by atoms with Crippen molar-refractivity contribution in [2.75, 3.05) is 0 Å². The third kappa shape index (κ3) is 4.58. The van der Waals surface area contributed by atoms with Crippen LogP contribution in [0.25, 0.3) is 6.08 Å². The van der Waals surface area contributed by atoms with Gasteiger partial charge in [-0.15, -0.1) is 0 Å². The molecule has 1 aliphatic carbocycles. The number of hydrogen-bond donors (Lipinski definition) is 0. The van der Waals surface area contributed by atoms with E-state index in [4.69, 9.17) is 0 Å². The van der Waals surface area contributed by atoms with E-state index in [1.165, 1.54) is 17.5 Å². The summed E-state index contributed by atoms with van der Waals surface area (Å²) < 4.78 is 0. The van der Waals surface area contributed by atoms with Crippen LogP contribution in [0.15, 0.2) is 30.3 Å². The fourth-order valence-electron chi connectivity index (χ4n) is 2.04. The van der Waals surface area contributed by atoms with Crippen LogP contribution in [0.1, 0.15) is 37.3 Å². The summed E-state index contributed by atoms with van der Waals surface area (Å²) in [6.07, 6.45) is 5.86. The van der Waals surface area contributed by atoms with Crippen LogP contribution >= 0.6 is 24.4 Å². The topological polar surface area (TPSA) is 0 Å². The van der Waals surface area contributed by atoms with Gasteiger partial charge in [0.1, 0.15) is 0 Å². The molecule has 1 aromatic carbocycles. The van der Waals surface area contributed by atoms with Crippen molar-refractivity contribution >= 4 is 30.5 Å². The molecule has 0 aliphatic heterocycles. The number of hydrogen-bond acceptors (Lipinski definition) is 0. The van der Waals surface area contributed by atoms with Gasteiger partial charge in [-0.05, 0) is 23.5 Å². The van der Waals surface area contributed by atoms with Gasteiger partial charge in [0.15, 0.2) is 0 Å². The van der Waals surface area contributed by atoms with Gasteiger partial charge in [0.25, 0.3) is 0 Å². The van der Waals surface area contributed by atoms with Crippen molar-refractivity contribution < 1.29 is 18.5 Å². The Kier molecular flexibility index (Phi) is 7.43. The molecule has 1 aromatic rings. The molecule has 0 fully saturated rings. The van der Waals surface area contributed by atoms with Crippen LogP contribution in [0.2, 0.25) is 0 Å². The van der Waals surface area contributed by atoms with E-state index in [0.29, 0.717) is 5.92 Å². The summed E-state index contributed by atoms with van der Waals surface area (Å²) in [6.45, 7) is 4.57. The number of fused-ring (bicyclic) bond motifs is 1. The van der Waals surface area contributed by atoms with Gasteiger partial charge in [0, 0.05) is 5.92 Å². The minimum atomic E-state index is -0.145. The Labute approximate surface area is 121 Å². The molecule has 0 aromatic heterocycles. The summed E-state index contributed by atoms with van der Waals surface area (Å²) in [5, 5.41) is 0. The molecule has 1 unspecified atom stereocenters. The van der Waals surface area contributed by atoms with E-state index in [1.54, 1.807) is 0 Å². The third-order valence-corrected chi connectivity index (χ3v) is 2.63. The molecule has 16 heavy (non-hydrogen) atoms. The molecule has 0 nitrogen and oxygen atoms in total. The average Bonchev–Trinajstić information content (AvgIpc) is 2.63. The molecular formula is C13H16Br2Zr. The van der Waals surface area contributed by atoms with E-state index in [1.807, 2.05) is 0 Å². The Morgan fingerprint density at radius 3 is 2.50 bits per heavy atom. The van der Waals surface area contributed by atoms with Crippen LogP contribution in [0, 0.1) is 5.92 Å². The van der Waals surface area contributed by atoms with Crippen molar-refractivity contribution in [2.45, 2.75) is 26.2 Å². The van der Waals surface area contributed by atoms with Crippen LogP contribution in [0.5, 0.6) is 0 Å². The standard InChI is InChI=1S/C13H16.2BrH.Zr/c1-10(2)9-12-8-7-11-5-3-4-6-13(11)12;;;/h3-8,10,12H,9H2,1-2H3;2*1H;/q;;;+2/p-2. The fraction of sp³-hybridized carbons (Fsp3) is 0.385. The Balaban J connectivity index is 0.000000386. The van der Waals surface area contributed by atoms with E-state index >= 15 is 0 Å². The molecule has 86 valence electrons. The zero-order valence-electron chi connectivity index (χ0n) is 9.58. The zero-order chi connectivity index (χ0) is 12.0. The number of benzene rings is 1. The maximum absolute atomic E-state index is 3.23. The molecule has 0 amide bonds. The molecule has 3 heteroatoms. The molecule has 0 radical (unpaired) electrons. The first kappa shape index (κ1) is 14.9. The second-order valence-electron chi connectivity index (χ2n) is 4.30. The molecule has 0 N–H and O–H groups in total. The first-order chi connectivity index (χ1) is 7.69. The molecule has 0 heterocycles. The first-order valence-electron chi connectivity index (χ1n) is 5.42. The van der Waals surface area contributed by atoms with E-state index < -0.39 is 0 Å². The Hall–Kier alpha value is 0.803. The van der Waals surface area contributed by atoms with Gasteiger partial charge in [-0.1, -0.05) is 50.3 Å². The summed E-state index contributed by atoms with van der Waals surface area (Å²) in [4.78, 5) is 0.